The minimum atomic E-state index is -3.82. The second-order valence-electron chi connectivity index (χ2n) is 6.24. The number of thiophene rings is 1. The van der Waals surface area contributed by atoms with Gasteiger partial charge in [-0.1, -0.05) is 34.4 Å². The summed E-state index contributed by atoms with van der Waals surface area (Å²) in [6.07, 6.45) is 0.952. The minimum absolute atomic E-state index is 0.100. The highest BCUT2D eigenvalue weighted by Gasteiger charge is 2.40. The van der Waals surface area contributed by atoms with E-state index in [4.69, 9.17) is 27.6 Å². The van der Waals surface area contributed by atoms with E-state index in [2.05, 4.69) is 15.5 Å². The van der Waals surface area contributed by atoms with Gasteiger partial charge < -0.3 is 4.42 Å². The molecule has 1 aliphatic heterocycles. The number of anilines is 1. The molecular formula is C17H14Cl2N4O4S2. The van der Waals surface area contributed by atoms with E-state index in [0.717, 1.165) is 11.3 Å². The summed E-state index contributed by atoms with van der Waals surface area (Å²) in [5, 5.41) is 10.7. The van der Waals surface area contributed by atoms with Gasteiger partial charge >= 0.3 is 6.01 Å². The van der Waals surface area contributed by atoms with E-state index in [9.17, 15) is 13.2 Å². The highest BCUT2D eigenvalue weighted by atomic mass is 35.5. The minimum Gasteiger partial charge on any atom is -0.403 e. The van der Waals surface area contributed by atoms with Gasteiger partial charge in [0.1, 0.15) is 10.3 Å². The van der Waals surface area contributed by atoms with Gasteiger partial charge in [0, 0.05) is 17.1 Å². The lowest BCUT2D eigenvalue weighted by atomic mass is 10.2. The van der Waals surface area contributed by atoms with Crippen LogP contribution in [0.25, 0.3) is 11.5 Å². The Morgan fingerprint density at radius 3 is 2.79 bits per heavy atom. The first-order valence-electron chi connectivity index (χ1n) is 8.52. The average Bonchev–Trinajstić information content (AvgIpc) is 3.42. The molecule has 8 nitrogen and oxygen atoms in total. The van der Waals surface area contributed by atoms with Crippen molar-refractivity contribution in [2.45, 2.75) is 23.1 Å². The molecule has 0 radical (unpaired) electrons. The van der Waals surface area contributed by atoms with Crippen LogP contribution in [0.1, 0.15) is 12.8 Å². The van der Waals surface area contributed by atoms with Gasteiger partial charge in [-0.2, -0.15) is 4.31 Å². The summed E-state index contributed by atoms with van der Waals surface area (Å²) >= 11 is 12.8. The van der Waals surface area contributed by atoms with Gasteiger partial charge in [-0.15, -0.1) is 16.4 Å². The Bertz CT molecular complexity index is 1160. The number of rotatable bonds is 5. The number of carbonyl (C=O) groups is 1. The second kappa shape index (κ2) is 8.04. The molecule has 3 aromatic rings. The van der Waals surface area contributed by atoms with Crippen LogP contribution in [0.15, 0.2) is 45.0 Å². The van der Waals surface area contributed by atoms with Gasteiger partial charge in [-0.05, 0) is 43.2 Å². The molecule has 152 valence electrons. The van der Waals surface area contributed by atoms with Crippen molar-refractivity contribution in [2.75, 3.05) is 11.9 Å². The van der Waals surface area contributed by atoms with Crippen molar-refractivity contribution in [3.05, 3.63) is 45.8 Å². The van der Waals surface area contributed by atoms with Gasteiger partial charge in [-0.3, -0.25) is 10.1 Å². The molecule has 1 unspecified atom stereocenters. The number of nitrogens with zero attached hydrogens (tertiary/aromatic N) is 3. The number of sulfonamides is 1. The molecule has 1 saturated heterocycles. The smallest absolute Gasteiger partial charge is 0.322 e. The molecule has 2 aromatic heterocycles. The number of hydrogen-bond donors (Lipinski definition) is 1. The molecule has 0 aliphatic carbocycles. The third-order valence-corrected chi connectivity index (χ3v) is 8.19. The summed E-state index contributed by atoms with van der Waals surface area (Å²) < 4.78 is 32.9. The molecule has 29 heavy (non-hydrogen) atoms. The van der Waals surface area contributed by atoms with Crippen molar-refractivity contribution < 1.29 is 17.6 Å². The molecule has 3 heterocycles. The number of nitrogens with one attached hydrogen (secondary N) is 1. The molecule has 12 heteroatoms. The molecule has 0 saturated carbocycles. The first-order valence-corrected chi connectivity index (χ1v) is 11.5. The fourth-order valence-corrected chi connectivity index (χ4v) is 6.50. The Morgan fingerprint density at radius 2 is 2.07 bits per heavy atom. The van der Waals surface area contributed by atoms with Gasteiger partial charge in [0.2, 0.25) is 11.8 Å². The normalized spacial score (nSPS) is 17.5. The van der Waals surface area contributed by atoms with Crippen molar-refractivity contribution in [1.29, 1.82) is 0 Å². The maximum Gasteiger partial charge on any atom is 0.322 e. The molecule has 0 bridgehead atoms. The van der Waals surface area contributed by atoms with E-state index in [1.807, 2.05) is 0 Å². The van der Waals surface area contributed by atoms with Crippen LogP contribution in [-0.4, -0.2) is 41.4 Å². The predicted molar refractivity (Wildman–Crippen MR) is 110 cm³/mol. The van der Waals surface area contributed by atoms with Gasteiger partial charge in [0.15, 0.2) is 0 Å². The highest BCUT2D eigenvalue weighted by molar-refractivity contribution is 7.91. The third-order valence-electron chi connectivity index (χ3n) is 4.34. The van der Waals surface area contributed by atoms with Crippen LogP contribution in [-0.2, 0) is 14.8 Å². The lowest BCUT2D eigenvalue weighted by Gasteiger charge is -2.21. The summed E-state index contributed by atoms with van der Waals surface area (Å²) in [5.41, 5.74) is 0.602. The van der Waals surface area contributed by atoms with E-state index in [0.29, 0.717) is 27.8 Å². The van der Waals surface area contributed by atoms with E-state index in [1.165, 1.54) is 16.4 Å². The number of amides is 1. The Hall–Kier alpha value is -1.98. The summed E-state index contributed by atoms with van der Waals surface area (Å²) in [6.45, 7) is 0.244. The molecule has 0 spiro atoms. The number of benzene rings is 1. The SMILES string of the molecule is O=C(Nc1nnc(-c2cccc(Cl)c2)o1)C1CCCN1S(=O)(=O)c1ccc(Cl)s1. The van der Waals surface area contributed by atoms with E-state index < -0.39 is 22.0 Å². The van der Waals surface area contributed by atoms with Crippen LogP contribution >= 0.6 is 34.5 Å². The first-order chi connectivity index (χ1) is 13.8. The maximum absolute atomic E-state index is 12.9. The highest BCUT2D eigenvalue weighted by Crippen LogP contribution is 2.32. The van der Waals surface area contributed by atoms with Gasteiger partial charge in [0.05, 0.1) is 4.34 Å². The van der Waals surface area contributed by atoms with Gasteiger partial charge in [-0.25, -0.2) is 8.42 Å². The predicted octanol–water partition coefficient (Wildman–Crippen LogP) is 3.90. The summed E-state index contributed by atoms with van der Waals surface area (Å²) in [4.78, 5) is 12.7. The van der Waals surface area contributed by atoms with Crippen LogP contribution in [0, 0.1) is 0 Å². The molecule has 1 fully saturated rings. The molecule has 1 aromatic carbocycles. The fraction of sp³-hybridized carbons (Fsp3) is 0.235. The molecule has 1 atom stereocenters. The van der Waals surface area contributed by atoms with Crippen molar-refractivity contribution in [1.82, 2.24) is 14.5 Å². The number of aromatic nitrogens is 2. The van der Waals surface area contributed by atoms with Crippen LogP contribution in [0.5, 0.6) is 0 Å². The summed E-state index contributed by atoms with van der Waals surface area (Å²) in [6, 6.07) is 8.79. The van der Waals surface area contributed by atoms with Crippen molar-refractivity contribution in [3.8, 4) is 11.5 Å². The molecule has 1 aliphatic rings. The molecule has 4 rings (SSSR count). The lowest BCUT2D eigenvalue weighted by molar-refractivity contribution is -0.119. The van der Waals surface area contributed by atoms with Crippen molar-refractivity contribution in [2.24, 2.45) is 0 Å². The quantitative estimate of drug-likeness (QED) is 0.603. The topological polar surface area (TPSA) is 105 Å². The number of halogens is 2. The summed E-state index contributed by atoms with van der Waals surface area (Å²) in [7, 11) is -3.82. The largest absolute Gasteiger partial charge is 0.403 e. The Labute approximate surface area is 180 Å². The fourth-order valence-electron chi connectivity index (χ4n) is 3.04. The maximum atomic E-state index is 12.9. The first kappa shape index (κ1) is 20.3. The lowest BCUT2D eigenvalue weighted by Crippen LogP contribution is -2.42. The van der Waals surface area contributed by atoms with E-state index in [-0.39, 0.29) is 22.7 Å². The second-order valence-corrected chi connectivity index (χ2v) is 10.5. The van der Waals surface area contributed by atoms with E-state index in [1.54, 1.807) is 24.3 Å². The number of hydrogen-bond acceptors (Lipinski definition) is 7. The Balaban J connectivity index is 1.51. The zero-order valence-corrected chi connectivity index (χ0v) is 17.9. The molecular weight excluding hydrogens is 459 g/mol. The molecule has 1 amide bonds. The van der Waals surface area contributed by atoms with Crippen LogP contribution < -0.4 is 5.32 Å². The zero-order valence-electron chi connectivity index (χ0n) is 14.7. The monoisotopic (exact) mass is 472 g/mol. The number of carbonyl (C=O) groups excluding carboxylic acids is 1. The van der Waals surface area contributed by atoms with Gasteiger partial charge in [0.25, 0.3) is 10.0 Å². The standard InChI is InChI=1S/C17H14Cl2N4O4S2/c18-11-4-1-3-10(9-11)16-21-22-17(27-16)20-15(24)12-5-2-8-23(12)29(25,26)14-7-6-13(19)28-14/h1,3-4,6-7,9,12H,2,5,8H2,(H,20,22,24). The third kappa shape index (κ3) is 4.17. The van der Waals surface area contributed by atoms with E-state index >= 15 is 0 Å². The van der Waals surface area contributed by atoms with Crippen molar-refractivity contribution in [3.63, 3.8) is 0 Å². The van der Waals surface area contributed by atoms with Crippen molar-refractivity contribution >= 4 is 56.5 Å². The Kier molecular flexibility index (Phi) is 5.63. The molecule has 1 N–H and O–H groups in total. The van der Waals surface area contributed by atoms with Crippen LogP contribution in [0.4, 0.5) is 6.01 Å². The van der Waals surface area contributed by atoms with Crippen LogP contribution in [0.3, 0.4) is 0 Å². The summed E-state index contributed by atoms with van der Waals surface area (Å²) in [5.74, 6) is -0.345. The zero-order chi connectivity index (χ0) is 20.6. The average molecular weight is 473 g/mol. The Morgan fingerprint density at radius 1 is 1.24 bits per heavy atom. The van der Waals surface area contributed by atoms with Crippen LogP contribution in [0.2, 0.25) is 9.36 Å².